The summed E-state index contributed by atoms with van der Waals surface area (Å²) in [6, 6.07) is 1.40. The molecule has 3 nitrogen and oxygen atoms in total. The zero-order valence-electron chi connectivity index (χ0n) is 11.0. The van der Waals surface area contributed by atoms with E-state index in [0.29, 0.717) is 0 Å². The van der Waals surface area contributed by atoms with Gasteiger partial charge in [0.05, 0.1) is 11.7 Å². The van der Waals surface area contributed by atoms with Gasteiger partial charge in [-0.2, -0.15) is 0 Å². The number of rotatable bonds is 0. The van der Waals surface area contributed by atoms with E-state index >= 15 is 0 Å². The molecule has 1 heterocycles. The Hall–Kier alpha value is -1.22. The molecule has 0 radical (unpaired) electrons. The lowest BCUT2D eigenvalue weighted by molar-refractivity contribution is -0.0914. The van der Waals surface area contributed by atoms with Crippen LogP contribution in [0.1, 0.15) is 50.3 Å². The summed E-state index contributed by atoms with van der Waals surface area (Å²) in [5.74, 6) is 0.431. The first kappa shape index (κ1) is 12.2. The van der Waals surface area contributed by atoms with Gasteiger partial charge < -0.3 is 14.9 Å². The molecule has 1 aliphatic rings. The highest BCUT2D eigenvalue weighted by Crippen LogP contribution is 2.48. The van der Waals surface area contributed by atoms with Gasteiger partial charge in [-0.05, 0) is 38.8 Å². The largest absolute Gasteiger partial charge is 0.508 e. The Morgan fingerprint density at radius 3 is 2.35 bits per heavy atom. The van der Waals surface area contributed by atoms with Crippen LogP contribution in [0.5, 0.6) is 11.5 Å². The van der Waals surface area contributed by atoms with E-state index in [1.165, 1.54) is 6.07 Å². The van der Waals surface area contributed by atoms with Gasteiger partial charge in [-0.1, -0.05) is 6.92 Å². The molecule has 0 aromatic heterocycles. The molecule has 0 amide bonds. The molecular weight excluding hydrogens is 216 g/mol. The van der Waals surface area contributed by atoms with Crippen LogP contribution in [-0.2, 0) is 10.3 Å². The minimum absolute atomic E-state index is 0.0670. The van der Waals surface area contributed by atoms with Gasteiger partial charge in [0.2, 0.25) is 0 Å². The van der Waals surface area contributed by atoms with Crippen LogP contribution < -0.4 is 0 Å². The number of ether oxygens (including phenoxy) is 1. The van der Waals surface area contributed by atoms with Crippen molar-refractivity contribution < 1.29 is 14.9 Å². The van der Waals surface area contributed by atoms with E-state index in [0.717, 1.165) is 16.7 Å². The zero-order chi connectivity index (χ0) is 13.0. The van der Waals surface area contributed by atoms with Crippen molar-refractivity contribution in [3.05, 3.63) is 22.8 Å². The van der Waals surface area contributed by atoms with Crippen LogP contribution in [0.4, 0.5) is 0 Å². The van der Waals surface area contributed by atoms with Crippen molar-refractivity contribution >= 4 is 0 Å². The zero-order valence-corrected chi connectivity index (χ0v) is 11.0. The topological polar surface area (TPSA) is 49.7 Å². The first-order valence-electron chi connectivity index (χ1n) is 5.99. The molecule has 17 heavy (non-hydrogen) atoms. The van der Waals surface area contributed by atoms with Crippen LogP contribution in [0.15, 0.2) is 6.07 Å². The molecule has 1 aromatic carbocycles. The lowest BCUT2D eigenvalue weighted by Crippen LogP contribution is -2.37. The summed E-state index contributed by atoms with van der Waals surface area (Å²) in [7, 11) is 0. The minimum atomic E-state index is -0.524. The maximum atomic E-state index is 10.1. The minimum Gasteiger partial charge on any atom is -0.508 e. The van der Waals surface area contributed by atoms with Crippen molar-refractivity contribution in [3.63, 3.8) is 0 Å². The van der Waals surface area contributed by atoms with Gasteiger partial charge in [0.15, 0.2) is 0 Å². The van der Waals surface area contributed by atoms with Gasteiger partial charge in [0.25, 0.3) is 0 Å². The van der Waals surface area contributed by atoms with Crippen LogP contribution in [-0.4, -0.2) is 16.3 Å². The second kappa shape index (κ2) is 3.64. The molecule has 2 atom stereocenters. The van der Waals surface area contributed by atoms with E-state index in [4.69, 9.17) is 4.74 Å². The Kier molecular flexibility index (Phi) is 2.62. The molecule has 1 aliphatic heterocycles. The average molecular weight is 236 g/mol. The molecule has 0 saturated carbocycles. The third kappa shape index (κ3) is 1.69. The number of hydrogen-bond donors (Lipinski definition) is 2. The van der Waals surface area contributed by atoms with Crippen molar-refractivity contribution in [2.75, 3.05) is 0 Å². The Morgan fingerprint density at radius 1 is 1.18 bits per heavy atom. The highest BCUT2D eigenvalue weighted by molar-refractivity contribution is 5.56. The number of benzene rings is 1. The van der Waals surface area contributed by atoms with Crippen LogP contribution in [0, 0.1) is 6.92 Å². The maximum absolute atomic E-state index is 10.1. The van der Waals surface area contributed by atoms with Crippen LogP contribution >= 0.6 is 0 Å². The normalized spacial score (nSPS) is 26.6. The molecule has 0 spiro atoms. The number of aromatic hydroxyl groups is 2. The van der Waals surface area contributed by atoms with E-state index in [-0.39, 0.29) is 23.5 Å². The van der Waals surface area contributed by atoms with Gasteiger partial charge in [-0.15, -0.1) is 0 Å². The Bertz CT molecular complexity index is 463. The highest BCUT2D eigenvalue weighted by atomic mass is 16.5. The molecular formula is C14H20O3. The summed E-state index contributed by atoms with van der Waals surface area (Å²) in [6.07, 6.45) is 0.0670. The predicted molar refractivity (Wildman–Crippen MR) is 66.5 cm³/mol. The fourth-order valence-electron chi connectivity index (χ4n) is 2.84. The summed E-state index contributed by atoms with van der Waals surface area (Å²) in [5, 5.41) is 19.9. The third-order valence-corrected chi connectivity index (χ3v) is 3.83. The molecule has 2 N–H and O–H groups in total. The van der Waals surface area contributed by atoms with Crippen molar-refractivity contribution in [1.29, 1.82) is 0 Å². The van der Waals surface area contributed by atoms with Gasteiger partial charge in [-0.3, -0.25) is 0 Å². The molecule has 94 valence electrons. The number of phenolic OH excluding ortho intramolecular Hbond substituents is 2. The second-order valence-electron chi connectivity index (χ2n) is 5.45. The third-order valence-electron chi connectivity index (χ3n) is 3.83. The standard InChI is InChI=1S/C14H20O3/c1-7-9(3)17-14(4,5)13-11(16)6-10(15)8(2)12(7)13/h6-7,9,15-16H,1-5H3/t7-,9-/m1/s1. The van der Waals surface area contributed by atoms with E-state index in [1.807, 2.05) is 27.7 Å². The van der Waals surface area contributed by atoms with Crippen LogP contribution in [0.25, 0.3) is 0 Å². The van der Waals surface area contributed by atoms with E-state index in [2.05, 4.69) is 6.92 Å². The number of phenols is 2. The molecule has 0 bridgehead atoms. The lowest BCUT2D eigenvalue weighted by atomic mass is 9.78. The fraction of sp³-hybridized carbons (Fsp3) is 0.571. The van der Waals surface area contributed by atoms with Crippen LogP contribution in [0.3, 0.4) is 0 Å². The molecule has 1 aromatic rings. The maximum Gasteiger partial charge on any atom is 0.125 e. The Morgan fingerprint density at radius 2 is 1.76 bits per heavy atom. The SMILES string of the molecule is Cc1c(O)cc(O)c2c1[C@H](C)[C@@H](C)OC2(C)C. The molecule has 0 fully saturated rings. The predicted octanol–water partition coefficient (Wildman–Crippen LogP) is 3.16. The van der Waals surface area contributed by atoms with E-state index < -0.39 is 5.60 Å². The average Bonchev–Trinajstić information content (AvgIpc) is 2.19. The molecule has 0 saturated heterocycles. The van der Waals surface area contributed by atoms with Crippen LogP contribution in [0.2, 0.25) is 0 Å². The highest BCUT2D eigenvalue weighted by Gasteiger charge is 2.39. The monoisotopic (exact) mass is 236 g/mol. The fourth-order valence-corrected chi connectivity index (χ4v) is 2.84. The summed E-state index contributed by atoms with van der Waals surface area (Å²) >= 11 is 0. The van der Waals surface area contributed by atoms with Crippen molar-refractivity contribution in [1.82, 2.24) is 0 Å². The number of fused-ring (bicyclic) bond motifs is 1. The summed E-state index contributed by atoms with van der Waals surface area (Å²) in [4.78, 5) is 0. The summed E-state index contributed by atoms with van der Waals surface area (Å²) < 4.78 is 5.95. The first-order valence-corrected chi connectivity index (χ1v) is 5.99. The van der Waals surface area contributed by atoms with Gasteiger partial charge in [0, 0.05) is 17.5 Å². The Labute approximate surface area is 102 Å². The van der Waals surface area contributed by atoms with Gasteiger partial charge >= 0.3 is 0 Å². The Balaban J connectivity index is 2.78. The summed E-state index contributed by atoms with van der Waals surface area (Å²) in [5.41, 5.74) is 2.14. The number of hydrogen-bond acceptors (Lipinski definition) is 3. The van der Waals surface area contributed by atoms with Gasteiger partial charge in [-0.25, -0.2) is 0 Å². The molecule has 2 rings (SSSR count). The lowest BCUT2D eigenvalue weighted by Gasteiger charge is -2.41. The van der Waals surface area contributed by atoms with Crippen molar-refractivity contribution in [3.8, 4) is 11.5 Å². The smallest absolute Gasteiger partial charge is 0.125 e. The van der Waals surface area contributed by atoms with Crippen molar-refractivity contribution in [2.45, 2.75) is 52.2 Å². The quantitative estimate of drug-likeness (QED) is 0.727. The molecule has 0 unspecified atom stereocenters. The molecule has 3 heteroatoms. The van der Waals surface area contributed by atoms with Gasteiger partial charge in [0.1, 0.15) is 11.5 Å². The van der Waals surface area contributed by atoms with E-state index in [9.17, 15) is 10.2 Å². The first-order chi connectivity index (χ1) is 7.75. The van der Waals surface area contributed by atoms with Crippen molar-refractivity contribution in [2.24, 2.45) is 0 Å². The summed E-state index contributed by atoms with van der Waals surface area (Å²) in [6.45, 7) is 9.87. The van der Waals surface area contributed by atoms with E-state index in [1.54, 1.807) is 0 Å². The molecule has 0 aliphatic carbocycles. The second-order valence-corrected chi connectivity index (χ2v) is 5.45.